The number of aliphatic carboxylic acids is 1. The lowest BCUT2D eigenvalue weighted by Gasteiger charge is -2.38. The number of aromatic nitrogens is 1. The van der Waals surface area contributed by atoms with Gasteiger partial charge in [0.1, 0.15) is 11.6 Å². The molecule has 1 saturated heterocycles. The summed E-state index contributed by atoms with van der Waals surface area (Å²) in [6.07, 6.45) is 2.42. The molecule has 1 aromatic carbocycles. The van der Waals surface area contributed by atoms with Crippen LogP contribution in [0.3, 0.4) is 0 Å². The van der Waals surface area contributed by atoms with Crippen molar-refractivity contribution in [3.63, 3.8) is 0 Å². The fraction of sp³-hybridized carbons (Fsp3) is 0.333. The molecule has 5 nitrogen and oxygen atoms in total. The van der Waals surface area contributed by atoms with Crippen LogP contribution in [0.25, 0.3) is 0 Å². The molecule has 126 valence electrons. The van der Waals surface area contributed by atoms with Gasteiger partial charge >= 0.3 is 5.97 Å². The third-order valence-electron chi connectivity index (χ3n) is 4.27. The van der Waals surface area contributed by atoms with Crippen molar-refractivity contribution < 1.29 is 19.0 Å². The standard InChI is InChI=1S/C18H19FN2O3/c19-14-4-3-6-16(12-14)24-18(17(22)23)7-10-21(11-8-18)13-15-5-1-2-9-20-15/h1-6,9,12H,7-8,10-11,13H2,(H,22,23). The first-order valence-electron chi connectivity index (χ1n) is 7.88. The van der Waals surface area contributed by atoms with Crippen LogP contribution >= 0.6 is 0 Å². The molecule has 1 N–H and O–H groups in total. The van der Waals surface area contributed by atoms with Crippen LogP contribution in [-0.4, -0.2) is 39.7 Å². The van der Waals surface area contributed by atoms with Crippen molar-refractivity contribution >= 4 is 5.97 Å². The van der Waals surface area contributed by atoms with Gasteiger partial charge in [0, 0.05) is 44.7 Å². The normalized spacial score (nSPS) is 17.4. The van der Waals surface area contributed by atoms with E-state index in [0.29, 0.717) is 32.5 Å². The minimum absolute atomic E-state index is 0.246. The molecule has 0 unspecified atom stereocenters. The minimum Gasteiger partial charge on any atom is -0.478 e. The predicted molar refractivity (Wildman–Crippen MR) is 86.1 cm³/mol. The Balaban J connectivity index is 1.67. The highest BCUT2D eigenvalue weighted by Crippen LogP contribution is 2.30. The Morgan fingerprint density at radius 1 is 1.25 bits per heavy atom. The van der Waals surface area contributed by atoms with E-state index < -0.39 is 17.4 Å². The second-order valence-electron chi connectivity index (χ2n) is 5.96. The molecule has 24 heavy (non-hydrogen) atoms. The average Bonchev–Trinajstić information content (AvgIpc) is 2.57. The molecule has 2 aromatic rings. The van der Waals surface area contributed by atoms with Crippen molar-refractivity contribution in [3.05, 3.63) is 60.2 Å². The number of carbonyl (C=O) groups is 1. The van der Waals surface area contributed by atoms with Crippen molar-refractivity contribution in [2.75, 3.05) is 13.1 Å². The first-order valence-corrected chi connectivity index (χ1v) is 7.88. The molecule has 0 spiro atoms. The third-order valence-corrected chi connectivity index (χ3v) is 4.27. The Morgan fingerprint density at radius 2 is 2.04 bits per heavy atom. The fourth-order valence-electron chi connectivity index (χ4n) is 2.91. The zero-order valence-electron chi connectivity index (χ0n) is 13.2. The topological polar surface area (TPSA) is 62.7 Å². The maximum atomic E-state index is 13.3. The summed E-state index contributed by atoms with van der Waals surface area (Å²) >= 11 is 0. The van der Waals surface area contributed by atoms with Gasteiger partial charge in [0.25, 0.3) is 0 Å². The van der Waals surface area contributed by atoms with Crippen LogP contribution in [0.5, 0.6) is 5.75 Å². The van der Waals surface area contributed by atoms with Crippen molar-refractivity contribution in [1.82, 2.24) is 9.88 Å². The Kier molecular flexibility index (Phi) is 4.76. The van der Waals surface area contributed by atoms with Gasteiger partial charge in [0.15, 0.2) is 0 Å². The largest absolute Gasteiger partial charge is 0.478 e. The van der Waals surface area contributed by atoms with Crippen LogP contribution in [0, 0.1) is 5.82 Å². The molecule has 2 heterocycles. The van der Waals surface area contributed by atoms with Gasteiger partial charge in [-0.25, -0.2) is 9.18 Å². The number of carboxylic acid groups (broad SMARTS) is 1. The number of nitrogens with zero attached hydrogens (tertiary/aromatic N) is 2. The van der Waals surface area contributed by atoms with Crippen LogP contribution in [0.1, 0.15) is 18.5 Å². The number of carboxylic acids is 1. The number of benzene rings is 1. The zero-order valence-corrected chi connectivity index (χ0v) is 13.2. The van der Waals surface area contributed by atoms with E-state index in [1.807, 2.05) is 18.2 Å². The van der Waals surface area contributed by atoms with Crippen LogP contribution in [0.4, 0.5) is 4.39 Å². The maximum Gasteiger partial charge on any atom is 0.348 e. The number of hydrogen-bond acceptors (Lipinski definition) is 4. The summed E-state index contributed by atoms with van der Waals surface area (Å²) in [5.74, 6) is -1.21. The van der Waals surface area contributed by atoms with Crippen molar-refractivity contribution in [2.45, 2.75) is 25.0 Å². The number of pyridine rings is 1. The summed E-state index contributed by atoms with van der Waals surface area (Å²) in [6, 6.07) is 11.3. The Labute approximate surface area is 139 Å². The molecule has 6 heteroatoms. The van der Waals surface area contributed by atoms with E-state index >= 15 is 0 Å². The van der Waals surface area contributed by atoms with E-state index in [2.05, 4.69) is 9.88 Å². The number of rotatable bonds is 5. The van der Waals surface area contributed by atoms with E-state index in [1.165, 1.54) is 18.2 Å². The Morgan fingerprint density at radius 3 is 2.67 bits per heavy atom. The summed E-state index contributed by atoms with van der Waals surface area (Å²) in [5.41, 5.74) is -0.361. The van der Waals surface area contributed by atoms with Gasteiger partial charge in [-0.05, 0) is 24.3 Å². The number of ether oxygens (including phenoxy) is 1. The van der Waals surface area contributed by atoms with Gasteiger partial charge < -0.3 is 9.84 Å². The van der Waals surface area contributed by atoms with Crippen LogP contribution in [0.15, 0.2) is 48.7 Å². The monoisotopic (exact) mass is 330 g/mol. The number of hydrogen-bond donors (Lipinski definition) is 1. The van der Waals surface area contributed by atoms with Crippen LogP contribution in [0.2, 0.25) is 0 Å². The molecule has 1 aromatic heterocycles. The molecule has 0 radical (unpaired) electrons. The fourth-order valence-corrected chi connectivity index (χ4v) is 2.91. The molecule has 1 fully saturated rings. The van der Waals surface area contributed by atoms with Gasteiger partial charge in [-0.2, -0.15) is 0 Å². The second-order valence-corrected chi connectivity index (χ2v) is 5.96. The van der Waals surface area contributed by atoms with Gasteiger partial charge in [-0.15, -0.1) is 0 Å². The summed E-state index contributed by atoms with van der Waals surface area (Å²) in [6.45, 7) is 1.84. The lowest BCUT2D eigenvalue weighted by atomic mass is 9.91. The van der Waals surface area contributed by atoms with Gasteiger partial charge in [0.05, 0.1) is 5.69 Å². The Hall–Kier alpha value is -2.47. The highest BCUT2D eigenvalue weighted by molar-refractivity contribution is 5.78. The molecule has 0 bridgehead atoms. The first kappa shape index (κ1) is 16.4. The maximum absolute atomic E-state index is 13.3. The molecule has 0 saturated carbocycles. The van der Waals surface area contributed by atoms with E-state index in [9.17, 15) is 14.3 Å². The highest BCUT2D eigenvalue weighted by Gasteiger charge is 2.44. The van der Waals surface area contributed by atoms with Crippen molar-refractivity contribution in [2.24, 2.45) is 0 Å². The quantitative estimate of drug-likeness (QED) is 0.913. The van der Waals surface area contributed by atoms with Crippen LogP contribution < -0.4 is 4.74 Å². The minimum atomic E-state index is -1.31. The zero-order chi connectivity index (χ0) is 17.0. The third kappa shape index (κ3) is 3.71. The highest BCUT2D eigenvalue weighted by atomic mass is 19.1. The van der Waals surface area contributed by atoms with Gasteiger partial charge in [-0.1, -0.05) is 12.1 Å². The van der Waals surface area contributed by atoms with E-state index in [-0.39, 0.29) is 5.75 Å². The lowest BCUT2D eigenvalue weighted by Crippen LogP contribution is -2.53. The smallest absolute Gasteiger partial charge is 0.348 e. The lowest BCUT2D eigenvalue weighted by molar-refractivity contribution is -0.159. The second kappa shape index (κ2) is 6.97. The molecule has 0 atom stereocenters. The van der Waals surface area contributed by atoms with E-state index in [0.717, 1.165) is 5.69 Å². The SMILES string of the molecule is O=C(O)C1(Oc2cccc(F)c2)CCN(Cc2ccccn2)CC1. The molecule has 0 amide bonds. The average molecular weight is 330 g/mol. The van der Waals surface area contributed by atoms with Gasteiger partial charge in [-0.3, -0.25) is 9.88 Å². The Bertz CT molecular complexity index is 700. The first-order chi connectivity index (χ1) is 11.6. The summed E-state index contributed by atoms with van der Waals surface area (Å²) in [4.78, 5) is 18.2. The van der Waals surface area contributed by atoms with Crippen molar-refractivity contribution in [3.8, 4) is 5.75 Å². The van der Waals surface area contributed by atoms with Crippen LogP contribution in [-0.2, 0) is 11.3 Å². The predicted octanol–water partition coefficient (Wildman–Crippen LogP) is 2.72. The molecule has 1 aliphatic heterocycles. The number of piperidine rings is 1. The van der Waals surface area contributed by atoms with E-state index in [4.69, 9.17) is 4.74 Å². The molecular weight excluding hydrogens is 311 g/mol. The van der Waals surface area contributed by atoms with Crippen molar-refractivity contribution in [1.29, 1.82) is 0 Å². The van der Waals surface area contributed by atoms with E-state index in [1.54, 1.807) is 12.3 Å². The molecule has 1 aliphatic rings. The molecule has 3 rings (SSSR count). The molecular formula is C18H19FN2O3. The summed E-state index contributed by atoms with van der Waals surface area (Å²) < 4.78 is 19.0. The summed E-state index contributed by atoms with van der Waals surface area (Å²) in [7, 11) is 0. The number of halogens is 1. The van der Waals surface area contributed by atoms with Gasteiger partial charge in [0.2, 0.25) is 5.60 Å². The number of likely N-dealkylation sites (tertiary alicyclic amines) is 1. The summed E-state index contributed by atoms with van der Waals surface area (Å²) in [5, 5.41) is 9.65. The molecule has 0 aliphatic carbocycles.